The van der Waals surface area contributed by atoms with Crippen LogP contribution in [0.5, 0.6) is 0 Å². The fourth-order valence-electron chi connectivity index (χ4n) is 4.42. The summed E-state index contributed by atoms with van der Waals surface area (Å²) in [5, 5.41) is 5.42. The highest BCUT2D eigenvalue weighted by Gasteiger charge is 2.39. The van der Waals surface area contributed by atoms with E-state index in [0.717, 1.165) is 25.7 Å². The molecule has 0 bridgehead atoms. The number of carbonyl (C=O) groups is 4. The fraction of sp³-hybridized carbons (Fsp3) is 0.565. The minimum atomic E-state index is -1.35. The van der Waals surface area contributed by atoms with Gasteiger partial charge < -0.3 is 20.4 Å². The Kier molecular flexibility index (Phi) is 7.30. The molecule has 2 aliphatic rings. The summed E-state index contributed by atoms with van der Waals surface area (Å²) in [6.45, 7) is 1.92. The van der Waals surface area contributed by atoms with Crippen molar-refractivity contribution in [1.82, 2.24) is 10.6 Å². The molecule has 1 atom stereocenters. The van der Waals surface area contributed by atoms with Gasteiger partial charge in [-0.1, -0.05) is 38.3 Å². The number of likely N-dealkylation sites (N-methyl/N-ethyl adjacent to an activating group) is 2. The van der Waals surface area contributed by atoms with Crippen LogP contribution in [0, 0.1) is 5.92 Å². The first kappa shape index (κ1) is 22.8. The van der Waals surface area contributed by atoms with Gasteiger partial charge in [-0.3, -0.25) is 19.2 Å². The molecule has 1 fully saturated rings. The molecule has 0 unspecified atom stereocenters. The lowest BCUT2D eigenvalue weighted by molar-refractivity contribution is -0.135. The molecule has 1 aliphatic heterocycles. The minimum Gasteiger partial charge on any atom is -0.344 e. The zero-order chi connectivity index (χ0) is 22.5. The molecule has 0 spiro atoms. The van der Waals surface area contributed by atoms with Gasteiger partial charge in [0, 0.05) is 20.5 Å². The summed E-state index contributed by atoms with van der Waals surface area (Å²) in [6.07, 6.45) is 5.90. The van der Waals surface area contributed by atoms with Crippen LogP contribution in [0.1, 0.15) is 51.9 Å². The maximum Gasteiger partial charge on any atom is 0.259 e. The van der Waals surface area contributed by atoms with E-state index in [4.69, 9.17) is 0 Å². The molecule has 8 heteroatoms. The molecule has 2 N–H and O–H groups in total. The maximum absolute atomic E-state index is 13.0. The standard InChI is InChI=1S/C23H32N4O4/c1-4-9-16(24-19(28)14-15-10-5-6-11-15)21(29)25-20-22(30)26(2)17-12-7-8-13-18(17)27(3)23(20)31/h7-8,12-13,15-16,20H,4-6,9-11,14H2,1-3H3,(H,24,28)(H,25,29)/t16-/m0/s1. The summed E-state index contributed by atoms with van der Waals surface area (Å²) < 4.78 is 0. The Balaban J connectivity index is 1.72. The van der Waals surface area contributed by atoms with E-state index >= 15 is 0 Å². The highest BCUT2D eigenvalue weighted by Crippen LogP contribution is 2.31. The van der Waals surface area contributed by atoms with Gasteiger partial charge in [-0.25, -0.2) is 0 Å². The smallest absolute Gasteiger partial charge is 0.259 e. The summed E-state index contributed by atoms with van der Waals surface area (Å²) in [4.78, 5) is 54.3. The number of nitrogens with zero attached hydrogens (tertiary/aromatic N) is 2. The number of anilines is 2. The minimum absolute atomic E-state index is 0.152. The van der Waals surface area contributed by atoms with Gasteiger partial charge in [0.05, 0.1) is 11.4 Å². The second-order valence-corrected chi connectivity index (χ2v) is 8.49. The van der Waals surface area contributed by atoms with E-state index in [9.17, 15) is 19.2 Å². The van der Waals surface area contributed by atoms with Gasteiger partial charge in [-0.2, -0.15) is 0 Å². The van der Waals surface area contributed by atoms with Crippen molar-refractivity contribution in [2.45, 2.75) is 64.0 Å². The third-order valence-corrected chi connectivity index (χ3v) is 6.22. The van der Waals surface area contributed by atoms with E-state index in [1.165, 1.54) is 9.80 Å². The van der Waals surface area contributed by atoms with Gasteiger partial charge in [0.15, 0.2) is 6.04 Å². The lowest BCUT2D eigenvalue weighted by Gasteiger charge is -2.24. The molecular formula is C23H32N4O4. The first-order valence-electron chi connectivity index (χ1n) is 11.1. The van der Waals surface area contributed by atoms with E-state index < -0.39 is 29.8 Å². The van der Waals surface area contributed by atoms with Gasteiger partial charge in [-0.15, -0.1) is 0 Å². The summed E-state index contributed by atoms with van der Waals surface area (Å²) in [5.41, 5.74) is 1.19. The van der Waals surface area contributed by atoms with Crippen LogP contribution < -0.4 is 20.4 Å². The van der Waals surface area contributed by atoms with Crippen molar-refractivity contribution in [3.63, 3.8) is 0 Å². The van der Waals surface area contributed by atoms with Crippen LogP contribution in [0.3, 0.4) is 0 Å². The Morgan fingerprint density at radius 3 is 2.10 bits per heavy atom. The average molecular weight is 429 g/mol. The number of carbonyl (C=O) groups excluding carboxylic acids is 4. The number of rotatable bonds is 7. The summed E-state index contributed by atoms with van der Waals surface area (Å²) in [5.74, 6) is -1.32. The van der Waals surface area contributed by atoms with Gasteiger partial charge in [0.2, 0.25) is 11.8 Å². The van der Waals surface area contributed by atoms with Gasteiger partial charge >= 0.3 is 0 Å². The Morgan fingerprint density at radius 1 is 1.03 bits per heavy atom. The maximum atomic E-state index is 13.0. The van der Waals surface area contributed by atoms with Crippen molar-refractivity contribution in [2.24, 2.45) is 5.92 Å². The molecule has 0 aromatic heterocycles. The molecule has 31 heavy (non-hydrogen) atoms. The van der Waals surface area contributed by atoms with Crippen molar-refractivity contribution in [2.75, 3.05) is 23.9 Å². The molecule has 1 aromatic rings. The lowest BCUT2D eigenvalue weighted by Crippen LogP contribution is -2.58. The molecule has 0 radical (unpaired) electrons. The third-order valence-electron chi connectivity index (χ3n) is 6.22. The highest BCUT2D eigenvalue weighted by atomic mass is 16.2. The fourth-order valence-corrected chi connectivity index (χ4v) is 4.42. The van der Waals surface area contributed by atoms with Gasteiger partial charge in [0.25, 0.3) is 11.8 Å². The van der Waals surface area contributed by atoms with Crippen LogP contribution in [-0.4, -0.2) is 49.8 Å². The number of hydrogen-bond acceptors (Lipinski definition) is 4. The molecule has 1 aromatic carbocycles. The van der Waals surface area contributed by atoms with Crippen LogP contribution in [-0.2, 0) is 19.2 Å². The summed E-state index contributed by atoms with van der Waals surface area (Å²) >= 11 is 0. The summed E-state index contributed by atoms with van der Waals surface area (Å²) in [7, 11) is 3.17. The molecule has 0 saturated heterocycles. The molecular weight excluding hydrogens is 396 g/mol. The van der Waals surface area contributed by atoms with E-state index in [1.807, 2.05) is 6.92 Å². The molecule has 8 nitrogen and oxygen atoms in total. The predicted molar refractivity (Wildman–Crippen MR) is 119 cm³/mol. The number of fused-ring (bicyclic) bond motifs is 1. The Morgan fingerprint density at radius 2 is 1.58 bits per heavy atom. The largest absolute Gasteiger partial charge is 0.344 e. The first-order valence-corrected chi connectivity index (χ1v) is 11.1. The van der Waals surface area contributed by atoms with Crippen LogP contribution >= 0.6 is 0 Å². The topological polar surface area (TPSA) is 98.8 Å². The van der Waals surface area contributed by atoms with Gasteiger partial charge in [0.1, 0.15) is 6.04 Å². The van der Waals surface area contributed by atoms with Crippen molar-refractivity contribution in [3.05, 3.63) is 24.3 Å². The average Bonchev–Trinajstić information content (AvgIpc) is 3.25. The van der Waals surface area contributed by atoms with Crippen LogP contribution in [0.25, 0.3) is 0 Å². The SMILES string of the molecule is CCC[C@H](NC(=O)CC1CCCC1)C(=O)NC1C(=O)N(C)c2ccccc2N(C)C1=O. The van der Waals surface area contributed by atoms with Crippen molar-refractivity contribution >= 4 is 35.0 Å². The first-order chi connectivity index (χ1) is 14.8. The van der Waals surface area contributed by atoms with Crippen molar-refractivity contribution < 1.29 is 19.2 Å². The number of benzene rings is 1. The van der Waals surface area contributed by atoms with Crippen LogP contribution in [0.4, 0.5) is 11.4 Å². The second kappa shape index (κ2) is 9.94. The quantitative estimate of drug-likeness (QED) is 0.649. The van der Waals surface area contributed by atoms with Crippen LogP contribution in [0.2, 0.25) is 0 Å². The molecule has 1 aliphatic carbocycles. The molecule has 4 amide bonds. The monoisotopic (exact) mass is 428 g/mol. The van der Waals surface area contributed by atoms with Gasteiger partial charge in [-0.05, 0) is 37.3 Å². The second-order valence-electron chi connectivity index (χ2n) is 8.49. The Labute approximate surface area is 183 Å². The highest BCUT2D eigenvalue weighted by molar-refractivity contribution is 6.21. The number of hydrogen-bond donors (Lipinski definition) is 2. The molecule has 1 heterocycles. The molecule has 1 saturated carbocycles. The normalized spacial score (nSPS) is 18.5. The third kappa shape index (κ3) is 5.06. The number of para-hydroxylation sites is 2. The predicted octanol–water partition coefficient (Wildman–Crippen LogP) is 1.98. The zero-order valence-electron chi connectivity index (χ0n) is 18.5. The Hall–Kier alpha value is -2.90. The number of nitrogens with one attached hydrogen (secondary N) is 2. The van der Waals surface area contributed by atoms with Crippen molar-refractivity contribution in [3.8, 4) is 0 Å². The van der Waals surface area contributed by atoms with E-state index in [1.54, 1.807) is 38.4 Å². The lowest BCUT2D eigenvalue weighted by atomic mass is 10.0. The number of amides is 4. The van der Waals surface area contributed by atoms with E-state index in [-0.39, 0.29) is 5.91 Å². The zero-order valence-corrected chi connectivity index (χ0v) is 18.5. The van der Waals surface area contributed by atoms with E-state index in [0.29, 0.717) is 36.6 Å². The van der Waals surface area contributed by atoms with Crippen molar-refractivity contribution in [1.29, 1.82) is 0 Å². The molecule has 168 valence electrons. The molecule has 3 rings (SSSR count). The van der Waals surface area contributed by atoms with Crippen LogP contribution in [0.15, 0.2) is 24.3 Å². The Bertz CT molecular complexity index is 809. The summed E-state index contributed by atoms with van der Waals surface area (Å²) in [6, 6.07) is 4.96. The van der Waals surface area contributed by atoms with E-state index in [2.05, 4.69) is 10.6 Å².